The molecule has 86 valence electrons. The van der Waals surface area contributed by atoms with E-state index in [1.807, 2.05) is 37.6 Å². The highest BCUT2D eigenvalue weighted by atomic mass is 32.1. The molecule has 0 fully saturated rings. The Morgan fingerprint density at radius 1 is 1.35 bits per heavy atom. The van der Waals surface area contributed by atoms with Gasteiger partial charge in [0.15, 0.2) is 0 Å². The van der Waals surface area contributed by atoms with Gasteiger partial charge in [-0.15, -0.1) is 11.3 Å². The Labute approximate surface area is 103 Å². The number of hydrogen-bond acceptors (Lipinski definition) is 4. The number of anilines is 1. The van der Waals surface area contributed by atoms with Crippen molar-refractivity contribution in [3.05, 3.63) is 41.7 Å². The number of hydrogen-bond donors (Lipinski definition) is 1. The quantitative estimate of drug-likeness (QED) is 0.770. The van der Waals surface area contributed by atoms with Gasteiger partial charge in [0.2, 0.25) is 0 Å². The van der Waals surface area contributed by atoms with Gasteiger partial charge in [0.25, 0.3) is 0 Å². The molecule has 17 heavy (non-hydrogen) atoms. The fraction of sp³-hybridized carbons (Fsp3) is 0.167. The third-order valence-corrected chi connectivity index (χ3v) is 3.52. The summed E-state index contributed by atoms with van der Waals surface area (Å²) in [6.45, 7) is 0.741. The second-order valence-corrected chi connectivity index (χ2v) is 4.95. The van der Waals surface area contributed by atoms with Crippen molar-refractivity contribution in [3.63, 3.8) is 0 Å². The van der Waals surface area contributed by atoms with Crippen LogP contribution in [0.4, 0.5) is 5.69 Å². The van der Waals surface area contributed by atoms with E-state index in [4.69, 9.17) is 0 Å². The minimum Gasteiger partial charge on any atom is -0.376 e. The lowest BCUT2D eigenvalue weighted by atomic mass is 10.3. The van der Waals surface area contributed by atoms with Crippen LogP contribution >= 0.6 is 11.3 Å². The monoisotopic (exact) mass is 244 g/mol. The third kappa shape index (κ3) is 2.14. The van der Waals surface area contributed by atoms with Gasteiger partial charge < -0.3 is 5.32 Å². The molecule has 3 aromatic rings. The van der Waals surface area contributed by atoms with Crippen molar-refractivity contribution in [2.75, 3.05) is 5.32 Å². The predicted octanol–water partition coefficient (Wildman–Crippen LogP) is 2.64. The Morgan fingerprint density at radius 3 is 3.00 bits per heavy atom. The highest BCUT2D eigenvalue weighted by molar-refractivity contribution is 7.18. The van der Waals surface area contributed by atoms with Crippen LogP contribution in [0.25, 0.3) is 10.2 Å². The number of aryl methyl sites for hydroxylation is 1. The SMILES string of the molecule is Cn1cc(NCc2nc3ccccc3s2)cn1. The van der Waals surface area contributed by atoms with Crippen molar-refractivity contribution in [1.29, 1.82) is 0 Å². The maximum Gasteiger partial charge on any atom is 0.113 e. The Morgan fingerprint density at radius 2 is 2.24 bits per heavy atom. The van der Waals surface area contributed by atoms with Crippen LogP contribution in [0.1, 0.15) is 5.01 Å². The van der Waals surface area contributed by atoms with Gasteiger partial charge in [-0.1, -0.05) is 12.1 Å². The topological polar surface area (TPSA) is 42.7 Å². The first kappa shape index (κ1) is 10.3. The Hall–Kier alpha value is -1.88. The van der Waals surface area contributed by atoms with Crippen molar-refractivity contribution in [2.45, 2.75) is 6.54 Å². The van der Waals surface area contributed by atoms with Gasteiger partial charge in [0, 0.05) is 13.2 Å². The van der Waals surface area contributed by atoms with Gasteiger partial charge in [-0.2, -0.15) is 5.10 Å². The minimum atomic E-state index is 0.741. The van der Waals surface area contributed by atoms with Crippen LogP contribution < -0.4 is 5.32 Å². The molecule has 0 bridgehead atoms. The van der Waals surface area contributed by atoms with E-state index in [1.165, 1.54) is 4.70 Å². The summed E-state index contributed by atoms with van der Waals surface area (Å²) in [6, 6.07) is 8.19. The van der Waals surface area contributed by atoms with Crippen LogP contribution in [0.15, 0.2) is 36.7 Å². The first-order valence-electron chi connectivity index (χ1n) is 5.38. The minimum absolute atomic E-state index is 0.741. The summed E-state index contributed by atoms with van der Waals surface area (Å²) in [4.78, 5) is 4.56. The number of thiazole rings is 1. The molecular formula is C12H12N4S. The van der Waals surface area contributed by atoms with E-state index in [0.29, 0.717) is 0 Å². The van der Waals surface area contributed by atoms with E-state index >= 15 is 0 Å². The molecule has 0 atom stereocenters. The Kier molecular flexibility index (Phi) is 2.53. The van der Waals surface area contributed by atoms with Gasteiger partial charge in [0.1, 0.15) is 5.01 Å². The average molecular weight is 244 g/mol. The van der Waals surface area contributed by atoms with Crippen molar-refractivity contribution >= 4 is 27.2 Å². The zero-order chi connectivity index (χ0) is 11.7. The van der Waals surface area contributed by atoms with Crippen LogP contribution in [0, 0.1) is 0 Å². The predicted molar refractivity (Wildman–Crippen MR) is 70.2 cm³/mol. The summed E-state index contributed by atoms with van der Waals surface area (Å²) in [5.41, 5.74) is 2.09. The van der Waals surface area contributed by atoms with Crippen LogP contribution in [0.5, 0.6) is 0 Å². The van der Waals surface area contributed by atoms with E-state index in [1.54, 1.807) is 16.0 Å². The normalized spacial score (nSPS) is 10.9. The number of rotatable bonds is 3. The summed E-state index contributed by atoms with van der Waals surface area (Å²) in [5.74, 6) is 0. The fourth-order valence-corrected chi connectivity index (χ4v) is 2.59. The van der Waals surface area contributed by atoms with Gasteiger partial charge in [0.05, 0.1) is 28.6 Å². The third-order valence-electron chi connectivity index (χ3n) is 2.49. The van der Waals surface area contributed by atoms with Crippen molar-refractivity contribution in [2.24, 2.45) is 7.05 Å². The van der Waals surface area contributed by atoms with E-state index in [0.717, 1.165) is 22.8 Å². The van der Waals surface area contributed by atoms with Gasteiger partial charge in [-0.05, 0) is 12.1 Å². The largest absolute Gasteiger partial charge is 0.376 e. The molecule has 2 heterocycles. The molecule has 1 aromatic carbocycles. The second-order valence-electron chi connectivity index (χ2n) is 3.83. The standard InChI is InChI=1S/C12H12N4S/c1-16-8-9(6-14-16)13-7-12-15-10-4-2-3-5-11(10)17-12/h2-6,8,13H,7H2,1H3. The molecule has 0 spiro atoms. The molecule has 5 heteroatoms. The van der Waals surface area contributed by atoms with E-state index in [9.17, 15) is 0 Å². The van der Waals surface area contributed by atoms with Gasteiger partial charge in [-0.25, -0.2) is 4.98 Å². The summed E-state index contributed by atoms with van der Waals surface area (Å²) in [7, 11) is 1.91. The molecule has 0 aliphatic heterocycles. The van der Waals surface area contributed by atoms with E-state index in [2.05, 4.69) is 21.5 Å². The van der Waals surface area contributed by atoms with Gasteiger partial charge >= 0.3 is 0 Å². The zero-order valence-electron chi connectivity index (χ0n) is 9.42. The van der Waals surface area contributed by atoms with Crippen molar-refractivity contribution in [3.8, 4) is 0 Å². The number of nitrogens with zero attached hydrogens (tertiary/aromatic N) is 3. The molecule has 2 aromatic heterocycles. The Bertz CT molecular complexity index is 608. The lowest BCUT2D eigenvalue weighted by molar-refractivity contribution is 0.768. The lowest BCUT2D eigenvalue weighted by Crippen LogP contribution is -1.97. The van der Waals surface area contributed by atoms with Crippen LogP contribution in [0.2, 0.25) is 0 Å². The summed E-state index contributed by atoms with van der Waals surface area (Å²) in [6.07, 6.45) is 3.76. The molecular weight excluding hydrogens is 232 g/mol. The molecule has 3 rings (SSSR count). The van der Waals surface area contributed by atoms with E-state index < -0.39 is 0 Å². The second kappa shape index (κ2) is 4.18. The van der Waals surface area contributed by atoms with Crippen LogP contribution in [-0.2, 0) is 13.6 Å². The van der Waals surface area contributed by atoms with Crippen LogP contribution in [-0.4, -0.2) is 14.8 Å². The van der Waals surface area contributed by atoms with Crippen LogP contribution in [0.3, 0.4) is 0 Å². The maximum absolute atomic E-state index is 4.56. The molecule has 0 aliphatic carbocycles. The first-order valence-corrected chi connectivity index (χ1v) is 6.20. The lowest BCUT2D eigenvalue weighted by Gasteiger charge is -1.98. The van der Waals surface area contributed by atoms with E-state index in [-0.39, 0.29) is 0 Å². The molecule has 0 saturated heterocycles. The highest BCUT2D eigenvalue weighted by Gasteiger charge is 2.03. The first-order chi connectivity index (χ1) is 8.31. The Balaban J connectivity index is 1.76. The smallest absolute Gasteiger partial charge is 0.113 e. The number of benzene rings is 1. The summed E-state index contributed by atoms with van der Waals surface area (Å²) >= 11 is 1.72. The molecule has 4 nitrogen and oxygen atoms in total. The molecule has 0 aliphatic rings. The molecule has 0 unspecified atom stereocenters. The fourth-order valence-electron chi connectivity index (χ4n) is 1.69. The number of para-hydroxylation sites is 1. The molecule has 1 N–H and O–H groups in total. The van der Waals surface area contributed by atoms with Crippen molar-refractivity contribution in [1.82, 2.24) is 14.8 Å². The molecule has 0 amide bonds. The zero-order valence-corrected chi connectivity index (χ0v) is 10.2. The maximum atomic E-state index is 4.56. The average Bonchev–Trinajstić information content (AvgIpc) is 2.91. The summed E-state index contributed by atoms with van der Waals surface area (Å²) < 4.78 is 3.01. The summed E-state index contributed by atoms with van der Waals surface area (Å²) in [5, 5.41) is 8.51. The highest BCUT2D eigenvalue weighted by Crippen LogP contribution is 2.22. The number of fused-ring (bicyclic) bond motifs is 1. The number of aromatic nitrogens is 3. The molecule has 0 saturated carbocycles. The van der Waals surface area contributed by atoms with Gasteiger partial charge in [-0.3, -0.25) is 4.68 Å². The molecule has 0 radical (unpaired) electrons. The van der Waals surface area contributed by atoms with Crippen molar-refractivity contribution < 1.29 is 0 Å². The number of nitrogens with one attached hydrogen (secondary N) is 1.